The molecule has 2 aliphatic rings. The molecule has 2 fully saturated rings. The zero-order valence-corrected chi connectivity index (χ0v) is 11.7. The van der Waals surface area contributed by atoms with Gasteiger partial charge in [0, 0.05) is 25.0 Å². The standard InChI is InChI=1S/C15H28N2O/c1-2-12-4-3-5-14(9-6-12)16-10-11-17-15(18)13-7-8-13/h12-14,16H,2-11H2,1H3,(H,17,18). The molecule has 0 bridgehead atoms. The van der Waals surface area contributed by atoms with Crippen molar-refractivity contribution in [2.75, 3.05) is 13.1 Å². The fraction of sp³-hybridized carbons (Fsp3) is 0.933. The van der Waals surface area contributed by atoms with Gasteiger partial charge in [-0.25, -0.2) is 0 Å². The van der Waals surface area contributed by atoms with E-state index in [0.717, 1.165) is 31.8 Å². The van der Waals surface area contributed by atoms with E-state index in [1.54, 1.807) is 0 Å². The van der Waals surface area contributed by atoms with Gasteiger partial charge >= 0.3 is 0 Å². The molecule has 2 unspecified atom stereocenters. The summed E-state index contributed by atoms with van der Waals surface area (Å²) in [5, 5.41) is 6.62. The van der Waals surface area contributed by atoms with E-state index in [9.17, 15) is 4.79 Å². The van der Waals surface area contributed by atoms with Crippen molar-refractivity contribution in [1.82, 2.24) is 10.6 Å². The number of carbonyl (C=O) groups excluding carboxylic acids is 1. The Kier molecular flexibility index (Phi) is 5.48. The van der Waals surface area contributed by atoms with E-state index in [2.05, 4.69) is 17.6 Å². The zero-order valence-electron chi connectivity index (χ0n) is 11.7. The molecule has 0 spiro atoms. The van der Waals surface area contributed by atoms with Crippen molar-refractivity contribution in [3.8, 4) is 0 Å². The Morgan fingerprint density at radius 1 is 1.06 bits per heavy atom. The lowest BCUT2D eigenvalue weighted by molar-refractivity contribution is -0.122. The van der Waals surface area contributed by atoms with Crippen molar-refractivity contribution in [3.05, 3.63) is 0 Å². The van der Waals surface area contributed by atoms with E-state index in [4.69, 9.17) is 0 Å². The predicted octanol–water partition coefficient (Wildman–Crippen LogP) is 2.46. The van der Waals surface area contributed by atoms with Crippen LogP contribution in [0.1, 0.15) is 58.3 Å². The third-order valence-corrected chi connectivity index (χ3v) is 4.47. The summed E-state index contributed by atoms with van der Waals surface area (Å²) in [5.74, 6) is 1.56. The Labute approximate surface area is 111 Å². The summed E-state index contributed by atoms with van der Waals surface area (Å²) >= 11 is 0. The highest BCUT2D eigenvalue weighted by atomic mass is 16.2. The van der Waals surface area contributed by atoms with Crippen LogP contribution in [-0.4, -0.2) is 25.0 Å². The minimum Gasteiger partial charge on any atom is -0.355 e. The van der Waals surface area contributed by atoms with Crippen LogP contribution in [0.5, 0.6) is 0 Å². The highest BCUT2D eigenvalue weighted by Gasteiger charge is 2.29. The lowest BCUT2D eigenvalue weighted by atomic mass is 9.98. The molecule has 0 radical (unpaired) electrons. The molecule has 0 heterocycles. The van der Waals surface area contributed by atoms with Gasteiger partial charge in [0.25, 0.3) is 0 Å². The summed E-state index contributed by atoms with van der Waals surface area (Å²) in [6, 6.07) is 0.680. The maximum atomic E-state index is 11.5. The summed E-state index contributed by atoms with van der Waals surface area (Å²) in [6.07, 6.45) is 10.3. The lowest BCUT2D eigenvalue weighted by Gasteiger charge is -2.16. The zero-order chi connectivity index (χ0) is 12.8. The van der Waals surface area contributed by atoms with Crippen molar-refractivity contribution in [2.24, 2.45) is 11.8 Å². The summed E-state index contributed by atoms with van der Waals surface area (Å²) in [4.78, 5) is 11.5. The summed E-state index contributed by atoms with van der Waals surface area (Å²) in [5.41, 5.74) is 0. The highest BCUT2D eigenvalue weighted by molar-refractivity contribution is 5.80. The van der Waals surface area contributed by atoms with Gasteiger partial charge in [-0.1, -0.05) is 26.2 Å². The van der Waals surface area contributed by atoms with Crippen molar-refractivity contribution >= 4 is 5.91 Å². The molecule has 1 amide bonds. The first-order chi connectivity index (χ1) is 8.79. The molecule has 2 aliphatic carbocycles. The van der Waals surface area contributed by atoms with Crippen LogP contribution in [0.25, 0.3) is 0 Å². The average Bonchev–Trinajstić information content (AvgIpc) is 3.20. The molecule has 3 heteroatoms. The number of carbonyl (C=O) groups is 1. The van der Waals surface area contributed by atoms with Crippen molar-refractivity contribution in [1.29, 1.82) is 0 Å². The number of nitrogens with one attached hydrogen (secondary N) is 2. The minimum atomic E-state index is 0.267. The van der Waals surface area contributed by atoms with Crippen LogP contribution in [0.4, 0.5) is 0 Å². The van der Waals surface area contributed by atoms with Crippen LogP contribution in [-0.2, 0) is 4.79 Å². The maximum Gasteiger partial charge on any atom is 0.223 e. The van der Waals surface area contributed by atoms with E-state index in [1.165, 1.54) is 38.5 Å². The van der Waals surface area contributed by atoms with E-state index in [1.807, 2.05) is 0 Å². The number of hydrogen-bond donors (Lipinski definition) is 2. The molecule has 0 aromatic carbocycles. The largest absolute Gasteiger partial charge is 0.355 e. The van der Waals surface area contributed by atoms with Crippen molar-refractivity contribution in [3.63, 3.8) is 0 Å². The fourth-order valence-electron chi connectivity index (χ4n) is 2.94. The Hall–Kier alpha value is -0.570. The Morgan fingerprint density at radius 2 is 1.89 bits per heavy atom. The number of amides is 1. The lowest BCUT2D eigenvalue weighted by Crippen LogP contribution is -2.37. The highest BCUT2D eigenvalue weighted by Crippen LogP contribution is 2.28. The Bertz CT molecular complexity index is 263. The van der Waals surface area contributed by atoms with E-state index in [0.29, 0.717) is 12.0 Å². The summed E-state index contributed by atoms with van der Waals surface area (Å²) in [6.45, 7) is 4.04. The second-order valence-corrected chi connectivity index (χ2v) is 6.00. The van der Waals surface area contributed by atoms with E-state index < -0.39 is 0 Å². The van der Waals surface area contributed by atoms with Gasteiger partial charge in [0.1, 0.15) is 0 Å². The fourth-order valence-corrected chi connectivity index (χ4v) is 2.94. The molecule has 0 saturated heterocycles. The van der Waals surface area contributed by atoms with Gasteiger partial charge in [0.05, 0.1) is 0 Å². The molecule has 104 valence electrons. The van der Waals surface area contributed by atoms with Crippen molar-refractivity contribution in [2.45, 2.75) is 64.3 Å². The number of rotatable bonds is 6. The normalized spacial score (nSPS) is 28.7. The summed E-state index contributed by atoms with van der Waals surface area (Å²) < 4.78 is 0. The predicted molar refractivity (Wildman–Crippen MR) is 74.4 cm³/mol. The molecule has 2 atom stereocenters. The summed E-state index contributed by atoms with van der Waals surface area (Å²) in [7, 11) is 0. The van der Waals surface area contributed by atoms with Crippen molar-refractivity contribution < 1.29 is 4.79 Å². The Balaban J connectivity index is 1.54. The van der Waals surface area contributed by atoms with Gasteiger partial charge in [0.15, 0.2) is 0 Å². The van der Waals surface area contributed by atoms with Gasteiger partial charge in [-0.05, 0) is 38.0 Å². The van der Waals surface area contributed by atoms with Gasteiger partial charge < -0.3 is 10.6 Å². The van der Waals surface area contributed by atoms with Crippen LogP contribution in [0, 0.1) is 11.8 Å². The van der Waals surface area contributed by atoms with E-state index in [-0.39, 0.29) is 5.91 Å². The van der Waals surface area contributed by atoms with Crippen LogP contribution >= 0.6 is 0 Å². The Morgan fingerprint density at radius 3 is 2.61 bits per heavy atom. The van der Waals surface area contributed by atoms with Gasteiger partial charge in [-0.3, -0.25) is 4.79 Å². The second-order valence-electron chi connectivity index (χ2n) is 6.00. The van der Waals surface area contributed by atoms with Gasteiger partial charge in [0.2, 0.25) is 5.91 Å². The molecule has 2 saturated carbocycles. The average molecular weight is 252 g/mol. The molecule has 18 heavy (non-hydrogen) atoms. The molecule has 2 N–H and O–H groups in total. The van der Waals surface area contributed by atoms with Crippen LogP contribution in [0.15, 0.2) is 0 Å². The molecule has 2 rings (SSSR count). The quantitative estimate of drug-likeness (QED) is 0.563. The maximum absolute atomic E-state index is 11.5. The van der Waals surface area contributed by atoms with Crippen LogP contribution in [0.3, 0.4) is 0 Å². The minimum absolute atomic E-state index is 0.267. The third kappa shape index (κ3) is 4.60. The number of hydrogen-bond acceptors (Lipinski definition) is 2. The molecule has 0 aliphatic heterocycles. The second kappa shape index (κ2) is 7.13. The van der Waals surface area contributed by atoms with Crippen LogP contribution in [0.2, 0.25) is 0 Å². The molecular weight excluding hydrogens is 224 g/mol. The smallest absolute Gasteiger partial charge is 0.223 e. The monoisotopic (exact) mass is 252 g/mol. The first-order valence-corrected chi connectivity index (χ1v) is 7.80. The van der Waals surface area contributed by atoms with Crippen LogP contribution < -0.4 is 10.6 Å². The SMILES string of the molecule is CCC1CCCC(NCCNC(=O)C2CC2)CC1. The molecule has 0 aromatic rings. The molecule has 0 aromatic heterocycles. The molecule has 3 nitrogen and oxygen atoms in total. The first-order valence-electron chi connectivity index (χ1n) is 7.80. The van der Waals surface area contributed by atoms with Gasteiger partial charge in [-0.2, -0.15) is 0 Å². The van der Waals surface area contributed by atoms with E-state index >= 15 is 0 Å². The topological polar surface area (TPSA) is 41.1 Å². The first kappa shape index (κ1) is 13.9. The molecular formula is C15H28N2O. The van der Waals surface area contributed by atoms with Gasteiger partial charge in [-0.15, -0.1) is 0 Å². The third-order valence-electron chi connectivity index (χ3n) is 4.47.